The molecule has 66 valence electrons. The zero-order valence-corrected chi connectivity index (χ0v) is 7.68. The third-order valence-electron chi connectivity index (χ3n) is 2.21. The lowest BCUT2D eigenvalue weighted by Gasteiger charge is -2.11. The Morgan fingerprint density at radius 3 is 2.67 bits per heavy atom. The fourth-order valence-corrected chi connectivity index (χ4v) is 1.76. The van der Waals surface area contributed by atoms with E-state index >= 15 is 0 Å². The average Bonchev–Trinajstić information content (AvgIpc) is 2.63. The second kappa shape index (κ2) is 3.50. The number of nitrogens with zero attached hydrogens (tertiary/aromatic N) is 1. The lowest BCUT2D eigenvalue weighted by molar-refractivity contribution is 0.298. The van der Waals surface area contributed by atoms with Crippen LogP contribution in [0.3, 0.4) is 0 Å². The van der Waals surface area contributed by atoms with Gasteiger partial charge in [0, 0.05) is 0 Å². The minimum atomic E-state index is 0.490. The van der Waals surface area contributed by atoms with Crippen LogP contribution < -0.4 is 0 Å². The molecule has 1 saturated heterocycles. The van der Waals surface area contributed by atoms with Crippen LogP contribution in [0.15, 0.2) is 16.5 Å². The summed E-state index contributed by atoms with van der Waals surface area (Å²) < 4.78 is 5.27. The van der Waals surface area contributed by atoms with E-state index in [9.17, 15) is 0 Å². The first-order valence-electron chi connectivity index (χ1n) is 4.31. The summed E-state index contributed by atoms with van der Waals surface area (Å²) in [6.45, 7) is 3.29. The van der Waals surface area contributed by atoms with Crippen molar-refractivity contribution in [2.75, 3.05) is 13.1 Å². The Hall–Kier alpha value is -0.470. The fourth-order valence-electron chi connectivity index (χ4n) is 1.60. The second-order valence-corrected chi connectivity index (χ2v) is 3.56. The first-order chi connectivity index (χ1) is 5.84. The van der Waals surface area contributed by atoms with Crippen LogP contribution in [0.2, 0.25) is 5.22 Å². The number of halogens is 1. The lowest BCUT2D eigenvalue weighted by atomic mass is 10.4. The number of furan rings is 1. The van der Waals surface area contributed by atoms with Crippen molar-refractivity contribution in [2.24, 2.45) is 0 Å². The Balaban J connectivity index is 1.94. The standard InChI is InChI=1S/C9H12ClNO/c10-9-4-3-8(12-9)7-11-5-1-2-6-11/h3-4H,1-2,5-7H2. The minimum Gasteiger partial charge on any atom is -0.448 e. The van der Waals surface area contributed by atoms with Crippen LogP contribution in [0.4, 0.5) is 0 Å². The van der Waals surface area contributed by atoms with Crippen LogP contribution in [0.25, 0.3) is 0 Å². The number of likely N-dealkylation sites (tertiary alicyclic amines) is 1. The summed E-state index contributed by atoms with van der Waals surface area (Å²) >= 11 is 5.66. The summed E-state index contributed by atoms with van der Waals surface area (Å²) in [5.74, 6) is 0.974. The molecule has 0 aliphatic carbocycles. The molecule has 0 amide bonds. The zero-order valence-electron chi connectivity index (χ0n) is 6.92. The molecule has 1 aromatic heterocycles. The van der Waals surface area contributed by atoms with Gasteiger partial charge in [0.25, 0.3) is 0 Å². The van der Waals surface area contributed by atoms with E-state index in [1.165, 1.54) is 25.9 Å². The van der Waals surface area contributed by atoms with Crippen LogP contribution >= 0.6 is 11.6 Å². The smallest absolute Gasteiger partial charge is 0.193 e. The molecular formula is C9H12ClNO. The van der Waals surface area contributed by atoms with Gasteiger partial charge in [0.2, 0.25) is 0 Å². The fraction of sp³-hybridized carbons (Fsp3) is 0.556. The Labute approximate surface area is 77.1 Å². The normalized spacial score (nSPS) is 18.8. The highest BCUT2D eigenvalue weighted by Crippen LogP contribution is 2.17. The summed E-state index contributed by atoms with van der Waals surface area (Å²) in [5, 5.41) is 0.490. The minimum absolute atomic E-state index is 0.490. The Kier molecular flexibility index (Phi) is 2.38. The van der Waals surface area contributed by atoms with Gasteiger partial charge in [-0.2, -0.15) is 0 Å². The summed E-state index contributed by atoms with van der Waals surface area (Å²) in [7, 11) is 0. The molecule has 3 heteroatoms. The molecule has 1 aliphatic rings. The van der Waals surface area contributed by atoms with E-state index in [1.54, 1.807) is 6.07 Å². The van der Waals surface area contributed by atoms with E-state index in [0.29, 0.717) is 5.22 Å². The Morgan fingerprint density at radius 2 is 2.08 bits per heavy atom. The van der Waals surface area contributed by atoms with Gasteiger partial charge >= 0.3 is 0 Å². The molecule has 2 rings (SSSR count). The molecule has 1 aromatic rings. The van der Waals surface area contributed by atoms with Gasteiger partial charge in [-0.3, -0.25) is 4.90 Å². The number of hydrogen-bond acceptors (Lipinski definition) is 2. The monoisotopic (exact) mass is 185 g/mol. The quantitative estimate of drug-likeness (QED) is 0.704. The van der Waals surface area contributed by atoms with Crippen molar-refractivity contribution in [3.63, 3.8) is 0 Å². The predicted octanol–water partition coefficient (Wildman–Crippen LogP) is 2.53. The van der Waals surface area contributed by atoms with Gasteiger partial charge in [-0.25, -0.2) is 0 Å². The van der Waals surface area contributed by atoms with Crippen LogP contribution in [0, 0.1) is 0 Å². The van der Waals surface area contributed by atoms with Crippen molar-refractivity contribution in [1.29, 1.82) is 0 Å². The van der Waals surface area contributed by atoms with Gasteiger partial charge < -0.3 is 4.42 Å². The van der Waals surface area contributed by atoms with E-state index in [0.717, 1.165) is 12.3 Å². The van der Waals surface area contributed by atoms with E-state index in [-0.39, 0.29) is 0 Å². The molecule has 0 aromatic carbocycles. The molecule has 1 aliphatic heterocycles. The Bertz CT molecular complexity index is 253. The van der Waals surface area contributed by atoms with E-state index in [2.05, 4.69) is 4.90 Å². The van der Waals surface area contributed by atoms with Crippen LogP contribution in [0.5, 0.6) is 0 Å². The van der Waals surface area contributed by atoms with Gasteiger partial charge in [-0.15, -0.1) is 0 Å². The Morgan fingerprint density at radius 1 is 1.33 bits per heavy atom. The summed E-state index contributed by atoms with van der Waals surface area (Å²) in [5.41, 5.74) is 0. The molecule has 0 atom stereocenters. The van der Waals surface area contributed by atoms with Gasteiger partial charge in [0.1, 0.15) is 5.76 Å². The molecule has 0 saturated carbocycles. The highest BCUT2D eigenvalue weighted by molar-refractivity contribution is 6.28. The molecule has 0 bridgehead atoms. The summed E-state index contributed by atoms with van der Waals surface area (Å²) in [6, 6.07) is 3.74. The van der Waals surface area contributed by atoms with Gasteiger partial charge in [0.15, 0.2) is 5.22 Å². The van der Waals surface area contributed by atoms with Crippen molar-refractivity contribution in [1.82, 2.24) is 4.90 Å². The van der Waals surface area contributed by atoms with Crippen molar-refractivity contribution in [3.8, 4) is 0 Å². The van der Waals surface area contributed by atoms with Crippen molar-refractivity contribution in [2.45, 2.75) is 19.4 Å². The van der Waals surface area contributed by atoms with Crippen LogP contribution in [-0.4, -0.2) is 18.0 Å². The van der Waals surface area contributed by atoms with Gasteiger partial charge in [-0.1, -0.05) is 0 Å². The molecule has 0 N–H and O–H groups in total. The molecule has 0 radical (unpaired) electrons. The molecule has 2 nitrogen and oxygen atoms in total. The predicted molar refractivity (Wildman–Crippen MR) is 48.2 cm³/mol. The summed E-state index contributed by atoms with van der Waals surface area (Å²) in [6.07, 6.45) is 2.63. The average molecular weight is 186 g/mol. The van der Waals surface area contributed by atoms with Gasteiger partial charge in [-0.05, 0) is 49.7 Å². The highest BCUT2D eigenvalue weighted by atomic mass is 35.5. The maximum Gasteiger partial charge on any atom is 0.193 e. The zero-order chi connectivity index (χ0) is 8.39. The van der Waals surface area contributed by atoms with Crippen LogP contribution in [-0.2, 0) is 6.54 Å². The maximum atomic E-state index is 5.66. The molecule has 0 unspecified atom stereocenters. The van der Waals surface area contributed by atoms with E-state index in [4.69, 9.17) is 16.0 Å². The van der Waals surface area contributed by atoms with E-state index < -0.39 is 0 Å². The van der Waals surface area contributed by atoms with E-state index in [1.807, 2.05) is 6.07 Å². The SMILES string of the molecule is Clc1ccc(CN2CCCC2)o1. The molecule has 0 spiro atoms. The third-order valence-corrected chi connectivity index (χ3v) is 2.41. The van der Waals surface area contributed by atoms with Crippen molar-refractivity contribution in [3.05, 3.63) is 23.1 Å². The van der Waals surface area contributed by atoms with Crippen LogP contribution in [0.1, 0.15) is 18.6 Å². The van der Waals surface area contributed by atoms with Crippen molar-refractivity contribution >= 4 is 11.6 Å². The molecule has 1 fully saturated rings. The molecule has 12 heavy (non-hydrogen) atoms. The second-order valence-electron chi connectivity index (χ2n) is 3.19. The third kappa shape index (κ3) is 1.82. The number of rotatable bonds is 2. The lowest BCUT2D eigenvalue weighted by Crippen LogP contribution is -2.17. The largest absolute Gasteiger partial charge is 0.448 e. The van der Waals surface area contributed by atoms with Gasteiger partial charge in [0.05, 0.1) is 6.54 Å². The van der Waals surface area contributed by atoms with Crippen molar-refractivity contribution < 1.29 is 4.42 Å². The molecule has 2 heterocycles. The summed E-state index contributed by atoms with van der Waals surface area (Å²) in [4.78, 5) is 2.38. The molecular weight excluding hydrogens is 174 g/mol. The highest BCUT2D eigenvalue weighted by Gasteiger charge is 2.13. The first-order valence-corrected chi connectivity index (χ1v) is 4.69. The first kappa shape index (κ1) is 8.14. The topological polar surface area (TPSA) is 16.4 Å². The maximum absolute atomic E-state index is 5.66. The number of hydrogen-bond donors (Lipinski definition) is 0.